The van der Waals surface area contributed by atoms with Gasteiger partial charge in [0.05, 0.1) is 23.5 Å². The summed E-state index contributed by atoms with van der Waals surface area (Å²) in [6.07, 6.45) is 0. The molecule has 0 aliphatic rings. The molecule has 0 N–H and O–H groups in total. The van der Waals surface area contributed by atoms with E-state index in [1.54, 1.807) is 0 Å². The first-order chi connectivity index (χ1) is 30.8. The van der Waals surface area contributed by atoms with Crippen LogP contribution in [0.4, 0.5) is 0 Å². The number of nitrogens with zero attached hydrogens (tertiary/aromatic N) is 4. The Hall–Kier alpha value is -7.89. The number of hydrogen-bond donors (Lipinski definition) is 0. The predicted octanol–water partition coefficient (Wildman–Crippen LogP) is 13.8. The van der Waals surface area contributed by atoms with Gasteiger partial charge in [0.1, 0.15) is 11.2 Å². The molecule has 0 bridgehead atoms. The van der Waals surface area contributed by atoms with E-state index in [0.29, 0.717) is 22.3 Å². The first-order valence-electron chi connectivity index (χ1n) is 21.6. The Bertz CT molecular complexity index is 3800. The van der Waals surface area contributed by atoms with Gasteiger partial charge in [-0.1, -0.05) is 170 Å². The average molecular weight is 746 g/mol. The van der Waals surface area contributed by atoms with Gasteiger partial charge in [-0.05, 0) is 46.0 Å². The van der Waals surface area contributed by atoms with Crippen LogP contribution in [0.3, 0.4) is 0 Å². The smallest absolute Gasteiger partial charge is 0.167 e. The zero-order valence-electron chi connectivity index (χ0n) is 35.8. The molecule has 5 heteroatoms. The normalized spacial score (nSPS) is 13.0. The fourth-order valence-corrected chi connectivity index (χ4v) is 8.56. The summed E-state index contributed by atoms with van der Waals surface area (Å²) in [5.41, 5.74) is 7.14. The van der Waals surface area contributed by atoms with Crippen molar-refractivity contribution < 1.29 is 11.3 Å². The van der Waals surface area contributed by atoms with Crippen molar-refractivity contribution in [3.63, 3.8) is 0 Å². The highest BCUT2D eigenvalue weighted by Crippen LogP contribution is 2.43. The number of rotatable bonds is 5. The molecule has 0 unspecified atom stereocenters. The van der Waals surface area contributed by atoms with E-state index in [-0.39, 0.29) is 23.0 Å². The molecule has 3 heterocycles. The van der Waals surface area contributed by atoms with Gasteiger partial charge in [-0.3, -0.25) is 0 Å². The third-order valence-electron chi connectivity index (χ3n) is 11.1. The number of furan rings is 1. The van der Waals surface area contributed by atoms with Gasteiger partial charge in [-0.15, -0.1) is 0 Å². The molecule has 5 nitrogen and oxygen atoms in total. The fraction of sp³-hybridized carbons (Fsp3) is 0. The van der Waals surface area contributed by atoms with Crippen molar-refractivity contribution in [1.29, 1.82) is 0 Å². The van der Waals surface area contributed by atoms with Gasteiger partial charge < -0.3 is 8.98 Å². The van der Waals surface area contributed by atoms with Gasteiger partial charge in [0.2, 0.25) is 0 Å². The van der Waals surface area contributed by atoms with Crippen LogP contribution in [0.25, 0.3) is 116 Å². The summed E-state index contributed by atoms with van der Waals surface area (Å²) >= 11 is 0. The van der Waals surface area contributed by atoms with Gasteiger partial charge in [0, 0.05) is 49.3 Å². The SMILES string of the molecule is [2H]c1c([2H])c([2H])c(-c2nc(-c3cc(-n4c5ccccc5c5ccccc54)cc4c3oc3c(-c5ccccc5)cccc34)nc(-c3cccc4ccc5ccccc5c34)n2)c([2H])c1[2H]. The lowest BCUT2D eigenvalue weighted by atomic mass is 9.97. The highest BCUT2D eigenvalue weighted by atomic mass is 16.3. The third-order valence-corrected chi connectivity index (χ3v) is 11.1. The zero-order valence-corrected chi connectivity index (χ0v) is 30.8. The van der Waals surface area contributed by atoms with Crippen LogP contribution in [-0.2, 0) is 0 Å². The maximum Gasteiger partial charge on any atom is 0.167 e. The van der Waals surface area contributed by atoms with Crippen LogP contribution in [0.15, 0.2) is 198 Å². The maximum absolute atomic E-state index is 9.06. The van der Waals surface area contributed by atoms with Gasteiger partial charge in [-0.25, -0.2) is 15.0 Å². The molecule has 270 valence electrons. The minimum Gasteiger partial charge on any atom is -0.455 e. The van der Waals surface area contributed by atoms with Crippen LogP contribution in [0, 0.1) is 0 Å². The van der Waals surface area contributed by atoms with E-state index in [4.69, 9.17) is 26.2 Å². The van der Waals surface area contributed by atoms with Crippen molar-refractivity contribution in [2.75, 3.05) is 0 Å². The molecule has 3 aromatic heterocycles. The second-order valence-electron chi connectivity index (χ2n) is 14.4. The fourth-order valence-electron chi connectivity index (χ4n) is 8.56. The summed E-state index contributed by atoms with van der Waals surface area (Å²) in [6, 6.07) is 53.0. The lowest BCUT2D eigenvalue weighted by Crippen LogP contribution is -2.02. The van der Waals surface area contributed by atoms with Crippen molar-refractivity contribution in [2.24, 2.45) is 0 Å². The molecule has 0 atom stereocenters. The Kier molecular flexibility index (Phi) is 6.12. The average Bonchev–Trinajstić information content (AvgIpc) is 3.88. The van der Waals surface area contributed by atoms with E-state index in [1.807, 2.05) is 84.9 Å². The zero-order chi connectivity index (χ0) is 42.5. The molecule has 0 saturated heterocycles. The standard InChI is InChI=1S/C53H32N4O/c1-3-15-33(16-4-1)39-24-14-25-42-44-31-37(57-46-27-11-9-22-40(46)41-23-10-12-28-47(41)57)32-45(50(44)58-49(39)42)53-55-51(36-18-5-2-6-19-36)54-52(56-53)43-26-13-20-35-30-29-34-17-7-8-21-38(34)48(35)43/h1-32H/i2D,5D,6D,18D,19D. The highest BCUT2D eigenvalue weighted by molar-refractivity contribution is 6.16. The number of fused-ring (bicyclic) bond motifs is 9. The molecule has 58 heavy (non-hydrogen) atoms. The molecule has 0 fully saturated rings. The van der Waals surface area contributed by atoms with E-state index in [1.165, 1.54) is 0 Å². The molecule has 0 saturated carbocycles. The second kappa shape index (κ2) is 12.8. The van der Waals surface area contributed by atoms with Crippen LogP contribution >= 0.6 is 0 Å². The van der Waals surface area contributed by atoms with Gasteiger partial charge in [0.25, 0.3) is 0 Å². The molecule has 12 rings (SSSR count). The first-order valence-corrected chi connectivity index (χ1v) is 19.1. The topological polar surface area (TPSA) is 56.7 Å². The number of aromatic nitrogens is 4. The molecule has 0 aliphatic carbocycles. The van der Waals surface area contributed by atoms with Crippen molar-refractivity contribution in [3.8, 4) is 51.0 Å². The Morgan fingerprint density at radius 1 is 0.414 bits per heavy atom. The predicted molar refractivity (Wildman–Crippen MR) is 238 cm³/mol. The monoisotopic (exact) mass is 745 g/mol. The maximum atomic E-state index is 9.06. The highest BCUT2D eigenvalue weighted by Gasteiger charge is 2.23. The quantitative estimate of drug-likeness (QED) is 0.165. The Labute approximate surface area is 340 Å². The molecule has 12 aromatic rings. The Balaban J connectivity index is 1.23. The van der Waals surface area contributed by atoms with Crippen LogP contribution in [0.1, 0.15) is 6.85 Å². The van der Waals surface area contributed by atoms with Gasteiger partial charge in [-0.2, -0.15) is 0 Å². The lowest BCUT2D eigenvalue weighted by molar-refractivity contribution is 0.670. The summed E-state index contributed by atoms with van der Waals surface area (Å²) in [7, 11) is 0. The third kappa shape index (κ3) is 5.00. The van der Waals surface area contributed by atoms with Crippen molar-refractivity contribution >= 4 is 65.3 Å². The second-order valence-corrected chi connectivity index (χ2v) is 14.4. The molecular formula is C53H32N4O. The van der Waals surface area contributed by atoms with Gasteiger partial charge >= 0.3 is 0 Å². The molecule has 0 spiro atoms. The van der Waals surface area contributed by atoms with E-state index < -0.39 is 30.2 Å². The Morgan fingerprint density at radius 3 is 1.79 bits per heavy atom. The van der Waals surface area contributed by atoms with E-state index >= 15 is 0 Å². The summed E-state index contributed by atoms with van der Waals surface area (Å²) < 4.78 is 53.0. The first kappa shape index (κ1) is 27.7. The minimum atomic E-state index is -0.499. The van der Waals surface area contributed by atoms with E-state index in [2.05, 4.69) is 83.4 Å². The van der Waals surface area contributed by atoms with Crippen LogP contribution in [-0.4, -0.2) is 19.5 Å². The molecule has 0 radical (unpaired) electrons. The largest absolute Gasteiger partial charge is 0.455 e. The van der Waals surface area contributed by atoms with Crippen molar-refractivity contribution in [1.82, 2.24) is 19.5 Å². The molecular weight excluding hydrogens is 709 g/mol. The summed E-state index contributed by atoms with van der Waals surface area (Å²) in [4.78, 5) is 15.3. The van der Waals surface area contributed by atoms with Crippen LogP contribution < -0.4 is 0 Å². The number of para-hydroxylation sites is 3. The molecule has 0 aliphatic heterocycles. The molecule has 0 amide bonds. The number of benzene rings is 9. The van der Waals surface area contributed by atoms with Crippen molar-refractivity contribution in [3.05, 3.63) is 194 Å². The van der Waals surface area contributed by atoms with E-state index in [0.717, 1.165) is 70.9 Å². The lowest BCUT2D eigenvalue weighted by Gasteiger charge is -2.14. The minimum absolute atomic E-state index is 0.0549. The van der Waals surface area contributed by atoms with Crippen molar-refractivity contribution in [2.45, 2.75) is 0 Å². The van der Waals surface area contributed by atoms with Crippen LogP contribution in [0.2, 0.25) is 0 Å². The summed E-state index contributed by atoms with van der Waals surface area (Å²) in [5.74, 6) is 0.438. The van der Waals surface area contributed by atoms with E-state index in [9.17, 15) is 0 Å². The van der Waals surface area contributed by atoms with Crippen LogP contribution in [0.5, 0.6) is 0 Å². The number of hydrogen-bond acceptors (Lipinski definition) is 4. The summed E-state index contributed by atoms with van der Waals surface area (Å²) in [5, 5.41) is 7.86. The Morgan fingerprint density at radius 2 is 1.00 bits per heavy atom. The van der Waals surface area contributed by atoms with Gasteiger partial charge in [0.15, 0.2) is 17.5 Å². The molecule has 9 aromatic carbocycles. The summed E-state index contributed by atoms with van der Waals surface area (Å²) in [6.45, 7) is 0.